The van der Waals surface area contributed by atoms with Crippen LogP contribution in [0.25, 0.3) is 0 Å². The zero-order chi connectivity index (χ0) is 21.1. The molecule has 0 fully saturated rings. The third kappa shape index (κ3) is 8.05. The molecule has 0 aliphatic carbocycles. The van der Waals surface area contributed by atoms with E-state index in [0.717, 1.165) is 22.8 Å². The van der Waals surface area contributed by atoms with E-state index in [0.29, 0.717) is 25.5 Å². The second-order valence-corrected chi connectivity index (χ2v) is 6.34. The van der Waals surface area contributed by atoms with Crippen molar-refractivity contribution in [1.29, 1.82) is 0 Å². The molecule has 0 unspecified atom stereocenters. The van der Waals surface area contributed by atoms with Gasteiger partial charge < -0.3 is 25.0 Å². The van der Waals surface area contributed by atoms with Gasteiger partial charge in [-0.05, 0) is 24.3 Å². The number of guanidine groups is 1. The SMILES string of the molecule is CN=C(NCC(=O)N(C)CCc1ccccn1)NCc1ccc(OC)cc1OC.I. The highest BCUT2D eigenvalue weighted by atomic mass is 127. The monoisotopic (exact) mass is 527 g/mol. The van der Waals surface area contributed by atoms with Crippen LogP contribution in [0.15, 0.2) is 47.6 Å². The molecule has 2 aromatic rings. The minimum Gasteiger partial charge on any atom is -0.497 e. The first-order valence-electron chi connectivity index (χ1n) is 9.36. The van der Waals surface area contributed by atoms with Crippen molar-refractivity contribution in [2.45, 2.75) is 13.0 Å². The quantitative estimate of drug-likeness (QED) is 0.295. The molecule has 2 N–H and O–H groups in total. The van der Waals surface area contributed by atoms with E-state index in [1.807, 2.05) is 36.4 Å². The van der Waals surface area contributed by atoms with Crippen molar-refractivity contribution in [3.05, 3.63) is 53.9 Å². The number of carbonyl (C=O) groups is 1. The van der Waals surface area contributed by atoms with Crippen molar-refractivity contribution >= 4 is 35.8 Å². The summed E-state index contributed by atoms with van der Waals surface area (Å²) in [4.78, 5) is 22.5. The number of carbonyl (C=O) groups excluding carboxylic acids is 1. The summed E-state index contributed by atoms with van der Waals surface area (Å²) in [5.74, 6) is 1.96. The van der Waals surface area contributed by atoms with Crippen molar-refractivity contribution in [2.24, 2.45) is 4.99 Å². The van der Waals surface area contributed by atoms with E-state index in [-0.39, 0.29) is 36.4 Å². The molecule has 0 atom stereocenters. The van der Waals surface area contributed by atoms with Gasteiger partial charge in [-0.15, -0.1) is 24.0 Å². The number of aromatic nitrogens is 1. The number of rotatable bonds is 9. The molecule has 0 radical (unpaired) electrons. The minimum absolute atomic E-state index is 0. The summed E-state index contributed by atoms with van der Waals surface area (Å²) in [6.07, 6.45) is 2.47. The molecule has 30 heavy (non-hydrogen) atoms. The fourth-order valence-electron chi connectivity index (χ4n) is 2.64. The highest BCUT2D eigenvalue weighted by Crippen LogP contribution is 2.24. The lowest BCUT2D eigenvalue weighted by molar-refractivity contribution is -0.128. The molecule has 0 aliphatic heterocycles. The van der Waals surface area contributed by atoms with Crippen LogP contribution in [-0.2, 0) is 17.8 Å². The number of likely N-dealkylation sites (N-methyl/N-ethyl adjacent to an activating group) is 1. The number of halogens is 1. The summed E-state index contributed by atoms with van der Waals surface area (Å²) in [5.41, 5.74) is 1.92. The molecule has 2 rings (SSSR count). The Balaban J connectivity index is 0.00000450. The Labute approximate surface area is 195 Å². The number of nitrogens with one attached hydrogen (secondary N) is 2. The number of nitrogens with zero attached hydrogens (tertiary/aromatic N) is 3. The van der Waals surface area contributed by atoms with Gasteiger partial charge in [0.2, 0.25) is 5.91 Å². The number of hydrogen-bond donors (Lipinski definition) is 2. The molecule has 1 aromatic heterocycles. The van der Waals surface area contributed by atoms with Crippen LogP contribution < -0.4 is 20.1 Å². The highest BCUT2D eigenvalue weighted by Gasteiger charge is 2.11. The summed E-state index contributed by atoms with van der Waals surface area (Å²) in [6.45, 7) is 1.25. The summed E-state index contributed by atoms with van der Waals surface area (Å²) in [7, 11) is 6.68. The number of pyridine rings is 1. The van der Waals surface area contributed by atoms with E-state index in [1.165, 1.54) is 0 Å². The van der Waals surface area contributed by atoms with Crippen LogP contribution in [0.1, 0.15) is 11.3 Å². The Morgan fingerprint density at radius 3 is 2.60 bits per heavy atom. The Morgan fingerprint density at radius 1 is 1.17 bits per heavy atom. The number of aliphatic imine (C=N–C) groups is 1. The van der Waals surface area contributed by atoms with Crippen molar-refractivity contribution in [3.8, 4) is 11.5 Å². The molecule has 0 spiro atoms. The molecule has 1 amide bonds. The fraction of sp³-hybridized carbons (Fsp3) is 0.381. The van der Waals surface area contributed by atoms with Gasteiger partial charge in [0.1, 0.15) is 11.5 Å². The molecule has 0 saturated heterocycles. The van der Waals surface area contributed by atoms with Gasteiger partial charge >= 0.3 is 0 Å². The zero-order valence-electron chi connectivity index (χ0n) is 17.8. The molecule has 8 nitrogen and oxygen atoms in total. The van der Waals surface area contributed by atoms with Crippen LogP contribution in [0.5, 0.6) is 11.5 Å². The third-order valence-corrected chi connectivity index (χ3v) is 4.43. The lowest BCUT2D eigenvalue weighted by atomic mass is 10.2. The van der Waals surface area contributed by atoms with E-state index >= 15 is 0 Å². The molecule has 0 aliphatic rings. The highest BCUT2D eigenvalue weighted by molar-refractivity contribution is 14.0. The van der Waals surface area contributed by atoms with E-state index in [9.17, 15) is 4.79 Å². The maximum atomic E-state index is 12.4. The van der Waals surface area contributed by atoms with Crippen LogP contribution in [0.4, 0.5) is 0 Å². The van der Waals surface area contributed by atoms with Crippen molar-refractivity contribution in [3.63, 3.8) is 0 Å². The molecular weight excluding hydrogens is 497 g/mol. The van der Waals surface area contributed by atoms with Gasteiger partial charge in [-0.3, -0.25) is 14.8 Å². The summed E-state index contributed by atoms with van der Waals surface area (Å²) >= 11 is 0. The Kier molecular flexibility index (Phi) is 11.6. The molecule has 0 saturated carbocycles. The van der Waals surface area contributed by atoms with E-state index in [4.69, 9.17) is 9.47 Å². The maximum Gasteiger partial charge on any atom is 0.241 e. The molecule has 9 heteroatoms. The van der Waals surface area contributed by atoms with Crippen molar-refractivity contribution in [2.75, 3.05) is 41.4 Å². The van der Waals surface area contributed by atoms with Gasteiger partial charge in [0.25, 0.3) is 0 Å². The average Bonchev–Trinajstić information content (AvgIpc) is 2.77. The number of hydrogen-bond acceptors (Lipinski definition) is 5. The molecule has 0 bridgehead atoms. The van der Waals surface area contributed by atoms with Crippen molar-refractivity contribution < 1.29 is 14.3 Å². The standard InChI is InChI=1S/C21H29N5O3.HI/c1-22-21(24-14-16-8-9-18(28-3)13-19(16)29-4)25-15-20(27)26(2)12-10-17-7-5-6-11-23-17;/h5-9,11,13H,10,12,14-15H2,1-4H3,(H2,22,24,25);1H. The fourth-order valence-corrected chi connectivity index (χ4v) is 2.64. The Morgan fingerprint density at radius 2 is 1.97 bits per heavy atom. The van der Waals surface area contributed by atoms with E-state index in [1.54, 1.807) is 39.4 Å². The van der Waals surface area contributed by atoms with E-state index < -0.39 is 0 Å². The van der Waals surface area contributed by atoms with Gasteiger partial charge in [0.05, 0.1) is 20.8 Å². The first kappa shape index (κ1) is 25.5. The van der Waals surface area contributed by atoms with Crippen LogP contribution in [0.3, 0.4) is 0 Å². The normalized spacial score (nSPS) is 10.6. The summed E-state index contributed by atoms with van der Waals surface area (Å²) in [6, 6.07) is 11.4. The maximum absolute atomic E-state index is 12.4. The largest absolute Gasteiger partial charge is 0.497 e. The zero-order valence-corrected chi connectivity index (χ0v) is 20.2. The number of benzene rings is 1. The second kappa shape index (κ2) is 13.6. The average molecular weight is 527 g/mol. The Hall–Kier alpha value is -2.56. The number of ether oxygens (including phenoxy) is 2. The van der Waals surface area contributed by atoms with E-state index in [2.05, 4.69) is 20.6 Å². The lowest BCUT2D eigenvalue weighted by Gasteiger charge is -2.19. The number of amides is 1. The second-order valence-electron chi connectivity index (χ2n) is 6.34. The predicted molar refractivity (Wildman–Crippen MR) is 129 cm³/mol. The molecule has 1 heterocycles. The van der Waals surface area contributed by atoms with Gasteiger partial charge in [-0.25, -0.2) is 0 Å². The summed E-state index contributed by atoms with van der Waals surface area (Å²) < 4.78 is 10.6. The molecule has 1 aromatic carbocycles. The predicted octanol–water partition coefficient (Wildman–Crippen LogP) is 2.08. The first-order valence-corrected chi connectivity index (χ1v) is 9.36. The lowest BCUT2D eigenvalue weighted by Crippen LogP contribution is -2.43. The van der Waals surface area contributed by atoms with Gasteiger partial charge in [0.15, 0.2) is 5.96 Å². The van der Waals surface area contributed by atoms with Gasteiger partial charge in [-0.1, -0.05) is 6.07 Å². The smallest absolute Gasteiger partial charge is 0.241 e. The summed E-state index contributed by atoms with van der Waals surface area (Å²) in [5, 5.41) is 6.23. The topological polar surface area (TPSA) is 88.1 Å². The Bertz CT molecular complexity index is 818. The third-order valence-electron chi connectivity index (χ3n) is 4.43. The molecule has 164 valence electrons. The minimum atomic E-state index is -0.0223. The van der Waals surface area contributed by atoms with Crippen molar-refractivity contribution in [1.82, 2.24) is 20.5 Å². The van der Waals surface area contributed by atoms with Gasteiger partial charge in [-0.2, -0.15) is 0 Å². The van der Waals surface area contributed by atoms with Crippen LogP contribution in [0.2, 0.25) is 0 Å². The van der Waals surface area contributed by atoms with Crippen LogP contribution >= 0.6 is 24.0 Å². The van der Waals surface area contributed by atoms with Crippen LogP contribution in [-0.4, -0.2) is 63.2 Å². The van der Waals surface area contributed by atoms with Gasteiger partial charge in [0, 0.05) is 57.1 Å². The molecular formula is C21H30IN5O3. The van der Waals surface area contributed by atoms with Crippen LogP contribution in [0, 0.1) is 0 Å². The first-order chi connectivity index (χ1) is 14.1. The number of methoxy groups -OCH3 is 2.